The van der Waals surface area contributed by atoms with Gasteiger partial charge in [0, 0.05) is 11.1 Å². The molecule has 2 aromatic carbocycles. The molecule has 2 rings (SSSR count). The molecular weight excluding hydrogens is 304 g/mol. The molecule has 0 aliphatic carbocycles. The van der Waals surface area contributed by atoms with Crippen LogP contribution in [-0.2, 0) is 4.79 Å². The maximum Gasteiger partial charge on any atom is 0.328 e. The van der Waals surface area contributed by atoms with Gasteiger partial charge in [-0.25, -0.2) is 4.79 Å². The van der Waals surface area contributed by atoms with Gasteiger partial charge in [0.05, 0.1) is 14.2 Å². The lowest BCUT2D eigenvalue weighted by Crippen LogP contribution is -1.97. The first-order chi connectivity index (χ1) is 10.5. The van der Waals surface area contributed by atoms with Gasteiger partial charge in [0.15, 0.2) is 11.5 Å². The van der Waals surface area contributed by atoms with Gasteiger partial charge in [-0.2, -0.15) is 0 Å². The number of rotatable bonds is 5. The predicted molar refractivity (Wildman–Crippen MR) is 85.7 cm³/mol. The van der Waals surface area contributed by atoms with E-state index in [9.17, 15) is 4.79 Å². The third kappa shape index (κ3) is 3.59. The van der Waals surface area contributed by atoms with Crippen molar-refractivity contribution in [2.24, 2.45) is 0 Å². The van der Waals surface area contributed by atoms with Gasteiger partial charge in [0.25, 0.3) is 0 Å². The first-order valence-electron chi connectivity index (χ1n) is 6.48. The molecule has 0 unspecified atom stereocenters. The summed E-state index contributed by atoms with van der Waals surface area (Å²) in [7, 11) is 3.08. The molecule has 0 bridgehead atoms. The summed E-state index contributed by atoms with van der Waals surface area (Å²) in [4.78, 5) is 11.1. The van der Waals surface area contributed by atoms with Gasteiger partial charge < -0.3 is 14.6 Å². The van der Waals surface area contributed by atoms with E-state index in [4.69, 9.17) is 26.2 Å². The van der Waals surface area contributed by atoms with E-state index in [0.29, 0.717) is 27.7 Å². The van der Waals surface area contributed by atoms with Crippen LogP contribution in [0.3, 0.4) is 0 Å². The van der Waals surface area contributed by atoms with Gasteiger partial charge in [0.2, 0.25) is 0 Å². The number of halogens is 1. The van der Waals surface area contributed by atoms with Gasteiger partial charge in [-0.05, 0) is 41.0 Å². The number of benzene rings is 2. The molecule has 0 heterocycles. The van der Waals surface area contributed by atoms with E-state index in [0.717, 1.165) is 11.6 Å². The zero-order valence-electron chi connectivity index (χ0n) is 12.2. The Labute approximate surface area is 133 Å². The van der Waals surface area contributed by atoms with Gasteiger partial charge in [0.1, 0.15) is 0 Å². The van der Waals surface area contributed by atoms with Crippen LogP contribution in [0.4, 0.5) is 0 Å². The molecule has 0 aliphatic rings. The van der Waals surface area contributed by atoms with Crippen molar-refractivity contribution >= 4 is 23.1 Å². The number of carboxylic acids is 1. The summed E-state index contributed by atoms with van der Waals surface area (Å²) in [5.74, 6) is 0.0852. The summed E-state index contributed by atoms with van der Waals surface area (Å²) in [5, 5.41) is 9.72. The highest BCUT2D eigenvalue weighted by atomic mass is 35.5. The van der Waals surface area contributed by atoms with E-state index in [1.165, 1.54) is 7.11 Å². The maximum atomic E-state index is 11.1. The highest BCUT2D eigenvalue weighted by molar-refractivity contribution is 6.30. The van der Waals surface area contributed by atoms with E-state index in [2.05, 4.69) is 0 Å². The first kappa shape index (κ1) is 15.9. The summed E-state index contributed by atoms with van der Waals surface area (Å²) >= 11 is 5.88. The molecule has 114 valence electrons. The minimum absolute atomic E-state index is 0.533. The average Bonchev–Trinajstić information content (AvgIpc) is 2.52. The summed E-state index contributed by atoms with van der Waals surface area (Å²) in [5.41, 5.74) is 2.02. The number of carbonyl (C=O) groups is 1. The van der Waals surface area contributed by atoms with Gasteiger partial charge in [-0.1, -0.05) is 29.8 Å². The van der Waals surface area contributed by atoms with Crippen LogP contribution in [0.15, 0.2) is 48.5 Å². The van der Waals surface area contributed by atoms with Crippen LogP contribution < -0.4 is 9.47 Å². The highest BCUT2D eigenvalue weighted by Crippen LogP contribution is 2.33. The quantitative estimate of drug-likeness (QED) is 0.850. The molecule has 0 aromatic heterocycles. The Kier molecular flexibility index (Phi) is 5.07. The lowest BCUT2D eigenvalue weighted by atomic mass is 9.97. The lowest BCUT2D eigenvalue weighted by Gasteiger charge is -2.12. The van der Waals surface area contributed by atoms with Crippen LogP contribution in [0.5, 0.6) is 11.5 Å². The number of methoxy groups -OCH3 is 2. The van der Waals surface area contributed by atoms with Crippen molar-refractivity contribution in [1.82, 2.24) is 0 Å². The van der Waals surface area contributed by atoms with Crippen molar-refractivity contribution in [3.8, 4) is 11.5 Å². The number of aliphatic carboxylic acids is 1. The molecular formula is C17H15ClO4. The molecule has 0 fully saturated rings. The highest BCUT2D eigenvalue weighted by Gasteiger charge is 2.11. The number of carboxylic acid groups (broad SMARTS) is 1. The monoisotopic (exact) mass is 318 g/mol. The smallest absolute Gasteiger partial charge is 0.328 e. The van der Waals surface area contributed by atoms with E-state index in [1.54, 1.807) is 49.6 Å². The number of hydrogen-bond acceptors (Lipinski definition) is 3. The summed E-state index contributed by atoms with van der Waals surface area (Å²) in [6.07, 6.45) is 1.16. The van der Waals surface area contributed by atoms with Gasteiger partial charge in [-0.3, -0.25) is 0 Å². The predicted octanol–water partition coefficient (Wildman–Crippen LogP) is 3.87. The van der Waals surface area contributed by atoms with Crippen LogP contribution in [0.2, 0.25) is 5.02 Å². The van der Waals surface area contributed by atoms with Crippen LogP contribution in [0.25, 0.3) is 5.57 Å². The Morgan fingerprint density at radius 3 is 2.14 bits per heavy atom. The third-order valence-electron chi connectivity index (χ3n) is 3.12. The van der Waals surface area contributed by atoms with Crippen LogP contribution in [-0.4, -0.2) is 25.3 Å². The summed E-state index contributed by atoms with van der Waals surface area (Å²) < 4.78 is 10.5. The lowest BCUT2D eigenvalue weighted by molar-refractivity contribution is -0.131. The molecule has 1 N–H and O–H groups in total. The molecule has 2 aromatic rings. The zero-order valence-corrected chi connectivity index (χ0v) is 12.9. The van der Waals surface area contributed by atoms with Crippen molar-refractivity contribution in [1.29, 1.82) is 0 Å². The van der Waals surface area contributed by atoms with Crippen molar-refractivity contribution in [2.75, 3.05) is 14.2 Å². The molecule has 0 radical (unpaired) electrons. The Balaban J connectivity index is 2.55. The second-order valence-corrected chi connectivity index (χ2v) is 4.91. The topological polar surface area (TPSA) is 55.8 Å². The molecule has 0 amide bonds. The normalized spacial score (nSPS) is 11.1. The molecule has 0 atom stereocenters. The fourth-order valence-electron chi connectivity index (χ4n) is 2.09. The molecule has 22 heavy (non-hydrogen) atoms. The van der Waals surface area contributed by atoms with Crippen molar-refractivity contribution in [3.05, 3.63) is 64.7 Å². The summed E-state index contributed by atoms with van der Waals surface area (Å²) in [6, 6.07) is 12.2. The molecule has 0 saturated carbocycles. The van der Waals surface area contributed by atoms with E-state index >= 15 is 0 Å². The van der Waals surface area contributed by atoms with Crippen LogP contribution >= 0.6 is 11.6 Å². The third-order valence-corrected chi connectivity index (χ3v) is 3.37. The molecule has 0 saturated heterocycles. The van der Waals surface area contributed by atoms with E-state index in [1.807, 2.05) is 0 Å². The Morgan fingerprint density at radius 2 is 1.59 bits per heavy atom. The van der Waals surface area contributed by atoms with E-state index in [-0.39, 0.29) is 0 Å². The number of ether oxygens (including phenoxy) is 2. The minimum Gasteiger partial charge on any atom is -0.493 e. The molecule has 0 aliphatic heterocycles. The van der Waals surface area contributed by atoms with Gasteiger partial charge in [-0.15, -0.1) is 0 Å². The standard InChI is InChI=1S/C17H15ClO4/c1-21-15-8-5-12(9-16(15)22-2)14(10-17(19)20)11-3-6-13(18)7-4-11/h3-10H,1-2H3,(H,19,20)/b14-10+. The molecule has 4 nitrogen and oxygen atoms in total. The fraction of sp³-hybridized carbons (Fsp3) is 0.118. The fourth-order valence-corrected chi connectivity index (χ4v) is 2.22. The SMILES string of the molecule is COc1ccc(/C(=C/C(=O)O)c2ccc(Cl)cc2)cc1OC. The van der Waals surface area contributed by atoms with Gasteiger partial charge >= 0.3 is 5.97 Å². The van der Waals surface area contributed by atoms with Crippen molar-refractivity contribution in [2.45, 2.75) is 0 Å². The Bertz CT molecular complexity index is 705. The zero-order chi connectivity index (χ0) is 16.1. The van der Waals surface area contributed by atoms with Crippen molar-refractivity contribution < 1.29 is 19.4 Å². The van der Waals surface area contributed by atoms with Crippen LogP contribution in [0.1, 0.15) is 11.1 Å². The summed E-state index contributed by atoms with van der Waals surface area (Å²) in [6.45, 7) is 0. The second kappa shape index (κ2) is 7.00. The largest absolute Gasteiger partial charge is 0.493 e. The second-order valence-electron chi connectivity index (χ2n) is 4.47. The number of hydrogen-bond donors (Lipinski definition) is 1. The first-order valence-corrected chi connectivity index (χ1v) is 6.86. The molecule has 0 spiro atoms. The Morgan fingerprint density at radius 1 is 1.00 bits per heavy atom. The molecule has 5 heteroatoms. The minimum atomic E-state index is -1.03. The Hall–Kier alpha value is -2.46. The van der Waals surface area contributed by atoms with Crippen molar-refractivity contribution in [3.63, 3.8) is 0 Å². The average molecular weight is 319 g/mol. The maximum absolute atomic E-state index is 11.1. The van der Waals surface area contributed by atoms with Crippen LogP contribution in [0, 0.1) is 0 Å². The van der Waals surface area contributed by atoms with E-state index < -0.39 is 5.97 Å².